The molecule has 0 unspecified atom stereocenters. The van der Waals surface area contributed by atoms with Gasteiger partial charge in [-0.15, -0.1) is 0 Å². The third kappa shape index (κ3) is 13.5. The van der Waals surface area contributed by atoms with E-state index in [1.165, 1.54) is 11.1 Å². The number of aryl methyl sites for hydroxylation is 1. The highest BCUT2D eigenvalue weighted by Crippen LogP contribution is 2.26. The summed E-state index contributed by atoms with van der Waals surface area (Å²) in [6, 6.07) is 33.6. The zero-order valence-corrected chi connectivity index (χ0v) is 20.4. The van der Waals surface area contributed by atoms with E-state index in [2.05, 4.69) is 6.92 Å². The standard InChI is InChI=1S/C9H12O2.C8H10O.C7H8O.C6H6O/c1-3-7-4-5-8(10)9(6-7)11-2;9-7-6-8-4-2-1-3-5-8;8-6-7-4-2-1-3-5-7;7-6-4-2-1-3-5-6/h4-6,10H,3H2,1-2H3;1-5,9H,6-7H2;1-5,8H,6H2;1-5,7H. The summed E-state index contributed by atoms with van der Waals surface area (Å²) in [5, 5.41) is 34.9. The maximum Gasteiger partial charge on any atom is 0.160 e. The van der Waals surface area contributed by atoms with Crippen molar-refractivity contribution in [2.45, 2.75) is 26.4 Å². The van der Waals surface area contributed by atoms with Crippen LogP contribution in [0.4, 0.5) is 0 Å². The van der Waals surface area contributed by atoms with Crippen LogP contribution < -0.4 is 4.74 Å². The van der Waals surface area contributed by atoms with Crippen LogP contribution in [0.25, 0.3) is 0 Å². The zero-order valence-electron chi connectivity index (χ0n) is 20.4. The molecule has 0 aromatic heterocycles. The van der Waals surface area contributed by atoms with Gasteiger partial charge in [0.15, 0.2) is 11.5 Å². The van der Waals surface area contributed by atoms with Gasteiger partial charge < -0.3 is 25.2 Å². The third-order valence-corrected chi connectivity index (χ3v) is 4.68. The lowest BCUT2D eigenvalue weighted by Gasteiger charge is -2.03. The van der Waals surface area contributed by atoms with Crippen molar-refractivity contribution >= 4 is 0 Å². The SMILES string of the molecule is CCc1ccc(O)c(OC)c1.OCCc1ccccc1.OCc1ccccc1.Oc1ccccc1. The van der Waals surface area contributed by atoms with Crippen molar-refractivity contribution in [1.82, 2.24) is 0 Å². The van der Waals surface area contributed by atoms with E-state index in [9.17, 15) is 5.11 Å². The number of aliphatic hydroxyl groups excluding tert-OH is 2. The number of aromatic hydroxyl groups is 2. The van der Waals surface area contributed by atoms with Gasteiger partial charge in [0.25, 0.3) is 0 Å². The van der Waals surface area contributed by atoms with Crippen molar-refractivity contribution < 1.29 is 25.2 Å². The molecule has 0 amide bonds. The summed E-state index contributed by atoms with van der Waals surface area (Å²) < 4.78 is 4.94. The molecule has 0 fully saturated rings. The number of ether oxygens (including phenoxy) is 1. The van der Waals surface area contributed by atoms with Crippen LogP contribution in [-0.4, -0.2) is 34.1 Å². The Morgan fingerprint density at radius 2 is 1.14 bits per heavy atom. The number of benzene rings is 4. The van der Waals surface area contributed by atoms with Crippen molar-refractivity contribution in [3.05, 3.63) is 126 Å². The van der Waals surface area contributed by atoms with Gasteiger partial charge in [-0.2, -0.15) is 0 Å². The normalized spacial score (nSPS) is 9.26. The first-order chi connectivity index (χ1) is 17.0. The number of phenols is 2. The average Bonchev–Trinajstić information content (AvgIpc) is 2.92. The Labute approximate surface area is 208 Å². The van der Waals surface area contributed by atoms with E-state index in [1.807, 2.05) is 78.9 Å². The topological polar surface area (TPSA) is 90.2 Å². The van der Waals surface area contributed by atoms with E-state index in [0.717, 1.165) is 18.4 Å². The van der Waals surface area contributed by atoms with Gasteiger partial charge >= 0.3 is 0 Å². The van der Waals surface area contributed by atoms with Crippen LogP contribution in [0.3, 0.4) is 0 Å². The van der Waals surface area contributed by atoms with Crippen molar-refractivity contribution in [1.29, 1.82) is 0 Å². The van der Waals surface area contributed by atoms with E-state index >= 15 is 0 Å². The third-order valence-electron chi connectivity index (χ3n) is 4.68. The van der Waals surface area contributed by atoms with Crippen molar-refractivity contribution in [3.8, 4) is 17.2 Å². The fraction of sp³-hybridized carbons (Fsp3) is 0.200. The summed E-state index contributed by atoms with van der Waals surface area (Å²) in [7, 11) is 1.55. The predicted octanol–water partition coefficient (Wildman–Crippen LogP) is 5.76. The zero-order chi connectivity index (χ0) is 25.7. The van der Waals surface area contributed by atoms with E-state index in [-0.39, 0.29) is 19.0 Å². The van der Waals surface area contributed by atoms with E-state index in [1.54, 1.807) is 37.4 Å². The number of para-hydroxylation sites is 1. The van der Waals surface area contributed by atoms with Gasteiger partial charge in [0.2, 0.25) is 0 Å². The predicted molar refractivity (Wildman–Crippen MR) is 142 cm³/mol. The molecule has 5 nitrogen and oxygen atoms in total. The van der Waals surface area contributed by atoms with Gasteiger partial charge in [0.05, 0.1) is 13.7 Å². The Hall–Kier alpha value is -3.80. The molecular formula is C30H36O5. The summed E-state index contributed by atoms with van der Waals surface area (Å²) >= 11 is 0. The van der Waals surface area contributed by atoms with Crippen molar-refractivity contribution in [2.75, 3.05) is 13.7 Å². The highest BCUT2D eigenvalue weighted by molar-refractivity contribution is 5.41. The molecular weight excluding hydrogens is 440 g/mol. The maximum absolute atomic E-state index is 9.21. The first-order valence-electron chi connectivity index (χ1n) is 11.4. The van der Waals surface area contributed by atoms with Crippen LogP contribution in [0.1, 0.15) is 23.6 Å². The maximum atomic E-state index is 9.21. The fourth-order valence-corrected chi connectivity index (χ4v) is 2.73. The number of hydrogen-bond donors (Lipinski definition) is 4. The lowest BCUT2D eigenvalue weighted by Crippen LogP contribution is -1.88. The van der Waals surface area contributed by atoms with Gasteiger partial charge in [-0.05, 0) is 53.8 Å². The van der Waals surface area contributed by atoms with Crippen LogP contribution in [0.15, 0.2) is 109 Å². The van der Waals surface area contributed by atoms with Crippen LogP contribution in [0.5, 0.6) is 17.2 Å². The number of aliphatic hydroxyl groups is 2. The molecule has 0 aliphatic carbocycles. The molecule has 0 saturated carbocycles. The van der Waals surface area contributed by atoms with Gasteiger partial charge in [0, 0.05) is 6.61 Å². The lowest BCUT2D eigenvalue weighted by molar-refractivity contribution is 0.282. The minimum atomic E-state index is 0.140. The van der Waals surface area contributed by atoms with E-state index < -0.39 is 0 Å². The Morgan fingerprint density at radius 3 is 1.51 bits per heavy atom. The van der Waals surface area contributed by atoms with Crippen LogP contribution in [0.2, 0.25) is 0 Å². The molecule has 0 aliphatic rings. The monoisotopic (exact) mass is 476 g/mol. The molecule has 0 heterocycles. The quantitative estimate of drug-likeness (QED) is 0.294. The number of methoxy groups -OCH3 is 1. The first kappa shape index (κ1) is 29.2. The molecule has 4 aromatic rings. The Bertz CT molecular complexity index is 1020. The van der Waals surface area contributed by atoms with Crippen molar-refractivity contribution in [3.63, 3.8) is 0 Å². The molecule has 0 radical (unpaired) electrons. The van der Waals surface area contributed by atoms with E-state index in [4.69, 9.17) is 20.1 Å². The first-order valence-corrected chi connectivity index (χ1v) is 11.4. The summed E-state index contributed by atoms with van der Waals surface area (Å²) in [6.07, 6.45) is 1.72. The minimum Gasteiger partial charge on any atom is -0.508 e. The summed E-state index contributed by atoms with van der Waals surface area (Å²) in [4.78, 5) is 0. The number of phenolic OH excluding ortho intramolecular Hbond substituents is 2. The molecule has 0 aliphatic heterocycles. The molecule has 0 bridgehead atoms. The average molecular weight is 477 g/mol. The van der Waals surface area contributed by atoms with Gasteiger partial charge in [-0.25, -0.2) is 0 Å². The summed E-state index contributed by atoms with van der Waals surface area (Å²) in [5.41, 5.74) is 3.33. The molecule has 186 valence electrons. The molecule has 0 spiro atoms. The molecule has 0 atom stereocenters. The molecule has 4 aromatic carbocycles. The van der Waals surface area contributed by atoms with Crippen LogP contribution in [0, 0.1) is 0 Å². The second-order valence-electron chi connectivity index (χ2n) is 7.30. The number of hydrogen-bond acceptors (Lipinski definition) is 5. The highest BCUT2D eigenvalue weighted by atomic mass is 16.5. The molecule has 5 heteroatoms. The minimum absolute atomic E-state index is 0.140. The second kappa shape index (κ2) is 18.6. The van der Waals surface area contributed by atoms with E-state index in [0.29, 0.717) is 11.5 Å². The lowest BCUT2D eigenvalue weighted by atomic mass is 10.1. The highest BCUT2D eigenvalue weighted by Gasteiger charge is 1.99. The molecule has 0 saturated heterocycles. The van der Waals surface area contributed by atoms with Gasteiger partial charge in [0.1, 0.15) is 5.75 Å². The smallest absolute Gasteiger partial charge is 0.160 e. The Balaban J connectivity index is 0.000000236. The summed E-state index contributed by atoms with van der Waals surface area (Å²) in [5.74, 6) is 1.07. The van der Waals surface area contributed by atoms with Gasteiger partial charge in [-0.1, -0.05) is 91.9 Å². The second-order valence-corrected chi connectivity index (χ2v) is 7.30. The Kier molecular flexibility index (Phi) is 15.5. The molecule has 4 N–H and O–H groups in total. The Morgan fingerprint density at radius 1 is 0.629 bits per heavy atom. The summed E-state index contributed by atoms with van der Waals surface area (Å²) in [6.45, 7) is 2.44. The van der Waals surface area contributed by atoms with Crippen molar-refractivity contribution in [2.24, 2.45) is 0 Å². The largest absolute Gasteiger partial charge is 0.508 e. The molecule has 35 heavy (non-hydrogen) atoms. The van der Waals surface area contributed by atoms with Crippen LogP contribution >= 0.6 is 0 Å². The fourth-order valence-electron chi connectivity index (χ4n) is 2.73. The molecule has 4 rings (SSSR count). The number of rotatable bonds is 5. The van der Waals surface area contributed by atoms with Crippen LogP contribution in [-0.2, 0) is 19.4 Å². The van der Waals surface area contributed by atoms with Gasteiger partial charge in [-0.3, -0.25) is 0 Å².